The predicted octanol–water partition coefficient (Wildman–Crippen LogP) is 2.66. The highest BCUT2D eigenvalue weighted by Gasteiger charge is 1.99. The molecule has 0 spiro atoms. The topological polar surface area (TPSA) is 17.1 Å². The van der Waals surface area contributed by atoms with Crippen molar-refractivity contribution < 1.29 is 4.79 Å². The van der Waals surface area contributed by atoms with Gasteiger partial charge in [0.25, 0.3) is 0 Å². The van der Waals surface area contributed by atoms with Crippen molar-refractivity contribution in [1.29, 1.82) is 0 Å². The standard InChI is InChI=1S/C9H17OS/c1-3-4-5-6-11-8-9(2)7-10/h9H,3-6,8H2,1-2H3. The molecule has 11 heavy (non-hydrogen) atoms. The van der Waals surface area contributed by atoms with E-state index < -0.39 is 0 Å². The normalized spacial score (nSPS) is 12.9. The molecule has 1 unspecified atom stereocenters. The molecule has 0 rings (SSSR count). The summed E-state index contributed by atoms with van der Waals surface area (Å²) in [4.78, 5) is 10.1. The van der Waals surface area contributed by atoms with Gasteiger partial charge >= 0.3 is 0 Å². The Labute approximate surface area is 73.9 Å². The fraction of sp³-hybridized carbons (Fsp3) is 0.889. The summed E-state index contributed by atoms with van der Waals surface area (Å²) in [5.74, 6) is 2.24. The molecule has 0 aromatic rings. The molecule has 0 aliphatic heterocycles. The van der Waals surface area contributed by atoms with Gasteiger partial charge in [0, 0.05) is 11.7 Å². The van der Waals surface area contributed by atoms with Crippen molar-refractivity contribution in [2.75, 3.05) is 11.5 Å². The molecule has 0 aliphatic rings. The molecule has 0 fully saturated rings. The van der Waals surface area contributed by atoms with Crippen LogP contribution in [0.3, 0.4) is 0 Å². The molecule has 0 heterocycles. The Kier molecular flexibility index (Phi) is 8.13. The summed E-state index contributed by atoms with van der Waals surface area (Å²) in [7, 11) is 0. The zero-order chi connectivity index (χ0) is 8.53. The zero-order valence-electron chi connectivity index (χ0n) is 7.43. The van der Waals surface area contributed by atoms with E-state index in [4.69, 9.17) is 0 Å². The third kappa shape index (κ3) is 7.92. The number of rotatable bonds is 7. The Bertz CT molecular complexity index is 93.6. The van der Waals surface area contributed by atoms with E-state index in [-0.39, 0.29) is 5.92 Å². The first-order chi connectivity index (χ1) is 5.31. The maximum absolute atomic E-state index is 10.1. The number of carbonyl (C=O) groups excluding carboxylic acids is 1. The lowest BCUT2D eigenvalue weighted by Crippen LogP contribution is -1.99. The zero-order valence-corrected chi connectivity index (χ0v) is 8.25. The Morgan fingerprint density at radius 3 is 2.73 bits per heavy atom. The minimum absolute atomic E-state index is 0.113. The summed E-state index contributed by atoms with van der Waals surface area (Å²) in [5.41, 5.74) is 0. The van der Waals surface area contributed by atoms with Crippen molar-refractivity contribution in [2.24, 2.45) is 5.92 Å². The largest absolute Gasteiger partial charge is 0.291 e. The highest BCUT2D eigenvalue weighted by molar-refractivity contribution is 7.99. The lowest BCUT2D eigenvalue weighted by Gasteiger charge is -2.01. The lowest BCUT2D eigenvalue weighted by molar-refractivity contribution is 0.538. The third-order valence-corrected chi connectivity index (χ3v) is 2.77. The molecule has 0 saturated carbocycles. The van der Waals surface area contributed by atoms with Crippen molar-refractivity contribution in [3.63, 3.8) is 0 Å². The average Bonchev–Trinajstić information content (AvgIpc) is 2.04. The molecule has 1 atom stereocenters. The molecule has 0 amide bonds. The van der Waals surface area contributed by atoms with Gasteiger partial charge in [-0.15, -0.1) is 0 Å². The van der Waals surface area contributed by atoms with Gasteiger partial charge in [0.1, 0.15) is 0 Å². The molecule has 0 N–H and O–H groups in total. The van der Waals surface area contributed by atoms with Crippen LogP contribution in [-0.2, 0) is 4.79 Å². The Hall–Kier alpha value is 0.0200. The monoisotopic (exact) mass is 173 g/mol. The van der Waals surface area contributed by atoms with Gasteiger partial charge in [0.05, 0.1) is 0 Å². The van der Waals surface area contributed by atoms with Gasteiger partial charge in [0.15, 0.2) is 0 Å². The molecule has 1 radical (unpaired) electrons. The van der Waals surface area contributed by atoms with E-state index in [1.807, 2.05) is 25.0 Å². The molecule has 0 aromatic heterocycles. The van der Waals surface area contributed by atoms with Crippen LogP contribution in [0.25, 0.3) is 0 Å². The highest BCUT2D eigenvalue weighted by Crippen LogP contribution is 2.09. The van der Waals surface area contributed by atoms with E-state index in [0.29, 0.717) is 0 Å². The molecule has 0 aromatic carbocycles. The van der Waals surface area contributed by atoms with Crippen LogP contribution in [-0.4, -0.2) is 17.8 Å². The minimum Gasteiger partial charge on any atom is -0.291 e. The molecule has 0 aliphatic carbocycles. The lowest BCUT2D eigenvalue weighted by atomic mass is 10.3. The van der Waals surface area contributed by atoms with Crippen LogP contribution in [0.2, 0.25) is 0 Å². The van der Waals surface area contributed by atoms with Gasteiger partial charge in [0.2, 0.25) is 6.29 Å². The highest BCUT2D eigenvalue weighted by atomic mass is 32.2. The first-order valence-corrected chi connectivity index (χ1v) is 5.42. The molecular weight excluding hydrogens is 156 g/mol. The third-order valence-electron chi connectivity index (χ3n) is 1.46. The van der Waals surface area contributed by atoms with Crippen molar-refractivity contribution in [2.45, 2.75) is 33.1 Å². The molecule has 1 nitrogen and oxygen atoms in total. The number of thioether (sulfide) groups is 1. The Balaban J connectivity index is 2.95. The second-order valence-electron chi connectivity index (χ2n) is 2.80. The maximum atomic E-state index is 10.1. The van der Waals surface area contributed by atoms with Crippen LogP contribution in [0.15, 0.2) is 0 Å². The van der Waals surface area contributed by atoms with E-state index in [0.717, 1.165) is 5.75 Å². The fourth-order valence-electron chi connectivity index (χ4n) is 0.748. The smallest absolute Gasteiger partial charge is 0.202 e. The van der Waals surface area contributed by atoms with E-state index in [1.165, 1.54) is 25.0 Å². The molecule has 2 heteroatoms. The van der Waals surface area contributed by atoms with Crippen molar-refractivity contribution >= 4 is 18.0 Å². The molecular formula is C9H17OS. The first kappa shape index (κ1) is 11.0. The number of hydrogen-bond donors (Lipinski definition) is 0. The van der Waals surface area contributed by atoms with Crippen molar-refractivity contribution in [3.05, 3.63) is 0 Å². The van der Waals surface area contributed by atoms with Gasteiger partial charge in [-0.2, -0.15) is 11.8 Å². The van der Waals surface area contributed by atoms with Gasteiger partial charge in [-0.05, 0) is 12.2 Å². The summed E-state index contributed by atoms with van der Waals surface area (Å²) in [6.07, 6.45) is 5.85. The predicted molar refractivity (Wildman–Crippen MR) is 51.7 cm³/mol. The van der Waals surface area contributed by atoms with Crippen LogP contribution >= 0.6 is 11.8 Å². The van der Waals surface area contributed by atoms with Crippen LogP contribution < -0.4 is 0 Å². The van der Waals surface area contributed by atoms with Gasteiger partial charge in [-0.25, -0.2) is 0 Å². The number of unbranched alkanes of at least 4 members (excludes halogenated alkanes) is 2. The average molecular weight is 173 g/mol. The second kappa shape index (κ2) is 8.12. The molecule has 65 valence electrons. The summed E-state index contributed by atoms with van der Waals surface area (Å²) < 4.78 is 0. The van der Waals surface area contributed by atoms with Crippen molar-refractivity contribution in [1.82, 2.24) is 0 Å². The Morgan fingerprint density at radius 1 is 1.45 bits per heavy atom. The van der Waals surface area contributed by atoms with Gasteiger partial charge in [-0.1, -0.05) is 26.7 Å². The SMILES string of the molecule is CCCCCSCC(C)[C]=O. The second-order valence-corrected chi connectivity index (χ2v) is 3.95. The quantitative estimate of drug-likeness (QED) is 0.551. The van der Waals surface area contributed by atoms with Crippen LogP contribution in [0, 0.1) is 5.92 Å². The summed E-state index contributed by atoms with van der Waals surface area (Å²) in [6.45, 7) is 4.12. The maximum Gasteiger partial charge on any atom is 0.202 e. The summed E-state index contributed by atoms with van der Waals surface area (Å²) in [5, 5.41) is 0. The van der Waals surface area contributed by atoms with E-state index >= 15 is 0 Å². The van der Waals surface area contributed by atoms with E-state index in [2.05, 4.69) is 6.92 Å². The van der Waals surface area contributed by atoms with Gasteiger partial charge in [-0.3, -0.25) is 4.79 Å². The van der Waals surface area contributed by atoms with E-state index in [9.17, 15) is 4.79 Å². The summed E-state index contributed by atoms with van der Waals surface area (Å²) >= 11 is 1.86. The summed E-state index contributed by atoms with van der Waals surface area (Å²) in [6, 6.07) is 0. The number of hydrogen-bond acceptors (Lipinski definition) is 2. The first-order valence-electron chi connectivity index (χ1n) is 4.26. The van der Waals surface area contributed by atoms with E-state index in [1.54, 1.807) is 0 Å². The fourth-order valence-corrected chi connectivity index (χ4v) is 1.74. The minimum atomic E-state index is 0.113. The van der Waals surface area contributed by atoms with Crippen LogP contribution in [0.4, 0.5) is 0 Å². The van der Waals surface area contributed by atoms with Gasteiger partial charge < -0.3 is 0 Å². The Morgan fingerprint density at radius 2 is 2.18 bits per heavy atom. The van der Waals surface area contributed by atoms with Crippen LogP contribution in [0.5, 0.6) is 0 Å². The molecule has 0 saturated heterocycles. The molecule has 0 bridgehead atoms. The van der Waals surface area contributed by atoms with Crippen molar-refractivity contribution in [3.8, 4) is 0 Å². The van der Waals surface area contributed by atoms with Crippen LogP contribution in [0.1, 0.15) is 33.1 Å².